The van der Waals surface area contributed by atoms with Crippen LogP contribution in [0.1, 0.15) is 53.9 Å². The van der Waals surface area contributed by atoms with E-state index in [4.69, 9.17) is 10.1 Å². The molecule has 2 unspecified atom stereocenters. The van der Waals surface area contributed by atoms with Crippen LogP contribution in [0.5, 0.6) is 0 Å². The molecule has 110 valence electrons. The van der Waals surface area contributed by atoms with E-state index in [1.807, 2.05) is 6.07 Å². The van der Waals surface area contributed by atoms with Crippen LogP contribution in [-0.4, -0.2) is 16.1 Å². The number of rotatable bonds is 4. The number of hydrogen-bond acceptors (Lipinski definition) is 3. The van der Waals surface area contributed by atoms with Gasteiger partial charge in [0.05, 0.1) is 16.3 Å². The van der Waals surface area contributed by atoms with Crippen molar-refractivity contribution in [2.45, 2.75) is 38.5 Å². The third-order valence-corrected chi connectivity index (χ3v) is 5.40. The van der Waals surface area contributed by atoms with E-state index in [0.717, 1.165) is 17.2 Å². The van der Waals surface area contributed by atoms with Gasteiger partial charge in [0.15, 0.2) is 0 Å². The van der Waals surface area contributed by atoms with Crippen LogP contribution in [0.3, 0.4) is 0 Å². The van der Waals surface area contributed by atoms with Crippen molar-refractivity contribution >= 4 is 17.3 Å². The first-order chi connectivity index (χ1) is 10.2. The quantitative estimate of drug-likeness (QED) is 0.882. The van der Waals surface area contributed by atoms with E-state index >= 15 is 0 Å². The fourth-order valence-electron chi connectivity index (χ4n) is 3.09. The van der Waals surface area contributed by atoms with Gasteiger partial charge in [-0.2, -0.15) is 0 Å². The Morgan fingerprint density at radius 2 is 2.29 bits per heavy atom. The highest BCUT2D eigenvalue weighted by molar-refractivity contribution is 7.10. The van der Waals surface area contributed by atoms with Gasteiger partial charge in [-0.05, 0) is 37.3 Å². The maximum atomic E-state index is 11.1. The number of benzene rings is 1. The lowest BCUT2D eigenvalue weighted by Gasteiger charge is -2.06. The van der Waals surface area contributed by atoms with Crippen molar-refractivity contribution in [2.24, 2.45) is 5.92 Å². The Labute approximate surface area is 128 Å². The zero-order valence-corrected chi connectivity index (χ0v) is 12.9. The molecule has 1 aliphatic rings. The predicted molar refractivity (Wildman–Crippen MR) is 84.9 cm³/mol. The molecule has 0 amide bonds. The molecule has 0 saturated heterocycles. The van der Waals surface area contributed by atoms with E-state index < -0.39 is 5.97 Å². The SMILES string of the molecule is CCC1CCC(c2nc(-c3cccc(C(=O)O)c3)cs2)C1. The number of carboxylic acid groups (broad SMARTS) is 1. The molecule has 0 spiro atoms. The minimum Gasteiger partial charge on any atom is -0.478 e. The number of carboxylic acids is 1. The fourth-order valence-corrected chi connectivity index (χ4v) is 4.07. The summed E-state index contributed by atoms with van der Waals surface area (Å²) in [5.74, 6) is 0.544. The highest BCUT2D eigenvalue weighted by Gasteiger charge is 2.26. The number of carbonyl (C=O) groups is 1. The van der Waals surface area contributed by atoms with E-state index in [-0.39, 0.29) is 0 Å². The zero-order valence-electron chi connectivity index (χ0n) is 12.1. The third-order valence-electron chi connectivity index (χ3n) is 4.40. The molecule has 1 saturated carbocycles. The van der Waals surface area contributed by atoms with Gasteiger partial charge in [-0.3, -0.25) is 0 Å². The second kappa shape index (κ2) is 5.98. The van der Waals surface area contributed by atoms with Crippen molar-refractivity contribution in [2.75, 3.05) is 0 Å². The molecular weight excluding hydrogens is 282 g/mol. The average Bonchev–Trinajstić information content (AvgIpc) is 3.16. The van der Waals surface area contributed by atoms with E-state index in [2.05, 4.69) is 12.3 Å². The summed E-state index contributed by atoms with van der Waals surface area (Å²) < 4.78 is 0. The summed E-state index contributed by atoms with van der Waals surface area (Å²) in [6.45, 7) is 2.26. The number of aromatic nitrogens is 1. The Hall–Kier alpha value is -1.68. The summed E-state index contributed by atoms with van der Waals surface area (Å²) in [7, 11) is 0. The standard InChI is InChI=1S/C17H19NO2S/c1-2-11-6-7-13(8-11)16-18-15(10-21-16)12-4-3-5-14(9-12)17(19)20/h3-5,9-11,13H,2,6-8H2,1H3,(H,19,20). The fraction of sp³-hybridized carbons (Fsp3) is 0.412. The average molecular weight is 301 g/mol. The third kappa shape index (κ3) is 3.00. The molecule has 0 radical (unpaired) electrons. The first-order valence-corrected chi connectivity index (χ1v) is 8.34. The van der Waals surface area contributed by atoms with Crippen LogP contribution < -0.4 is 0 Å². The van der Waals surface area contributed by atoms with E-state index in [1.54, 1.807) is 29.5 Å². The van der Waals surface area contributed by atoms with Crippen molar-refractivity contribution in [3.8, 4) is 11.3 Å². The van der Waals surface area contributed by atoms with Gasteiger partial charge in [0.1, 0.15) is 0 Å². The zero-order chi connectivity index (χ0) is 14.8. The summed E-state index contributed by atoms with van der Waals surface area (Å²) in [5, 5.41) is 12.3. The number of nitrogens with zero attached hydrogens (tertiary/aromatic N) is 1. The summed E-state index contributed by atoms with van der Waals surface area (Å²) in [5.41, 5.74) is 2.11. The largest absolute Gasteiger partial charge is 0.478 e. The summed E-state index contributed by atoms with van der Waals surface area (Å²) >= 11 is 1.71. The maximum Gasteiger partial charge on any atom is 0.335 e. The first-order valence-electron chi connectivity index (χ1n) is 7.46. The molecule has 0 aliphatic heterocycles. The van der Waals surface area contributed by atoms with Crippen molar-refractivity contribution in [3.05, 3.63) is 40.2 Å². The lowest BCUT2D eigenvalue weighted by Crippen LogP contribution is -1.96. The Balaban J connectivity index is 1.82. The molecule has 4 heteroatoms. The van der Waals surface area contributed by atoms with Crippen molar-refractivity contribution in [1.29, 1.82) is 0 Å². The van der Waals surface area contributed by atoms with Crippen LogP contribution in [0.25, 0.3) is 11.3 Å². The Bertz CT molecular complexity index is 650. The van der Waals surface area contributed by atoms with Crippen molar-refractivity contribution in [1.82, 2.24) is 4.98 Å². The minimum absolute atomic E-state index is 0.314. The highest BCUT2D eigenvalue weighted by Crippen LogP contribution is 2.41. The van der Waals surface area contributed by atoms with Crippen molar-refractivity contribution < 1.29 is 9.90 Å². The van der Waals surface area contributed by atoms with Gasteiger partial charge in [0.25, 0.3) is 0 Å². The lowest BCUT2D eigenvalue weighted by molar-refractivity contribution is 0.0697. The molecule has 3 rings (SSSR count). The van der Waals surface area contributed by atoms with Gasteiger partial charge in [-0.25, -0.2) is 9.78 Å². The van der Waals surface area contributed by atoms with Gasteiger partial charge >= 0.3 is 5.97 Å². The van der Waals surface area contributed by atoms with Crippen LogP contribution >= 0.6 is 11.3 Å². The number of hydrogen-bond donors (Lipinski definition) is 1. The first kappa shape index (κ1) is 14.3. The Morgan fingerprint density at radius 3 is 3.00 bits per heavy atom. The van der Waals surface area contributed by atoms with Crippen LogP contribution in [0.2, 0.25) is 0 Å². The van der Waals surface area contributed by atoms with Crippen LogP contribution in [0.15, 0.2) is 29.6 Å². The molecule has 1 aliphatic carbocycles. The molecule has 1 N–H and O–H groups in total. The summed E-state index contributed by atoms with van der Waals surface area (Å²) in [6.07, 6.45) is 5.05. The maximum absolute atomic E-state index is 11.1. The normalized spacial score (nSPS) is 21.6. The minimum atomic E-state index is -0.895. The lowest BCUT2D eigenvalue weighted by atomic mass is 10.0. The van der Waals surface area contributed by atoms with Gasteiger partial charge in [-0.15, -0.1) is 11.3 Å². The van der Waals surface area contributed by atoms with Gasteiger partial charge in [0.2, 0.25) is 0 Å². The molecule has 1 aromatic heterocycles. The van der Waals surface area contributed by atoms with Gasteiger partial charge in [0, 0.05) is 16.9 Å². The number of aromatic carboxylic acids is 1. The Kier molecular flexibility index (Phi) is 4.06. The molecule has 21 heavy (non-hydrogen) atoms. The second-order valence-electron chi connectivity index (χ2n) is 5.74. The molecular formula is C17H19NO2S. The van der Waals surface area contributed by atoms with Gasteiger partial charge in [-0.1, -0.05) is 25.5 Å². The van der Waals surface area contributed by atoms with E-state index in [0.29, 0.717) is 11.5 Å². The van der Waals surface area contributed by atoms with Crippen LogP contribution in [-0.2, 0) is 0 Å². The number of thiazole rings is 1. The summed E-state index contributed by atoms with van der Waals surface area (Å²) in [6, 6.07) is 7.02. The highest BCUT2D eigenvalue weighted by atomic mass is 32.1. The molecule has 2 aromatic rings. The topological polar surface area (TPSA) is 50.2 Å². The van der Waals surface area contributed by atoms with Gasteiger partial charge < -0.3 is 5.11 Å². The van der Waals surface area contributed by atoms with Crippen LogP contribution in [0.4, 0.5) is 0 Å². The summed E-state index contributed by atoms with van der Waals surface area (Å²) in [4.78, 5) is 15.8. The molecule has 1 heterocycles. The molecule has 2 atom stereocenters. The Morgan fingerprint density at radius 1 is 1.43 bits per heavy atom. The predicted octanol–water partition coefficient (Wildman–Crippen LogP) is 4.80. The molecule has 3 nitrogen and oxygen atoms in total. The van der Waals surface area contributed by atoms with Crippen LogP contribution in [0, 0.1) is 5.92 Å². The monoisotopic (exact) mass is 301 g/mol. The van der Waals surface area contributed by atoms with E-state index in [9.17, 15) is 4.79 Å². The van der Waals surface area contributed by atoms with E-state index in [1.165, 1.54) is 30.7 Å². The van der Waals surface area contributed by atoms with Crippen molar-refractivity contribution in [3.63, 3.8) is 0 Å². The smallest absolute Gasteiger partial charge is 0.335 e. The molecule has 1 fully saturated rings. The molecule has 0 bridgehead atoms. The second-order valence-corrected chi connectivity index (χ2v) is 6.63. The molecule has 1 aromatic carbocycles.